The van der Waals surface area contributed by atoms with Crippen molar-refractivity contribution in [1.82, 2.24) is 10.1 Å². The van der Waals surface area contributed by atoms with Crippen LogP contribution in [0, 0.1) is 0 Å². The van der Waals surface area contributed by atoms with Gasteiger partial charge in [-0.3, -0.25) is 4.98 Å². The molecule has 0 saturated heterocycles. The molecule has 2 aromatic heterocycles. The van der Waals surface area contributed by atoms with Gasteiger partial charge in [-0.05, 0) is 18.6 Å². The van der Waals surface area contributed by atoms with Crippen molar-refractivity contribution in [2.75, 3.05) is 5.73 Å². The summed E-state index contributed by atoms with van der Waals surface area (Å²) in [6.07, 6.45) is 4.77. The van der Waals surface area contributed by atoms with E-state index in [1.54, 1.807) is 6.20 Å². The third-order valence-corrected chi connectivity index (χ3v) is 2.47. The molecule has 4 heteroatoms. The van der Waals surface area contributed by atoms with Gasteiger partial charge in [0.15, 0.2) is 5.82 Å². The lowest BCUT2D eigenvalue weighted by Crippen LogP contribution is -1.92. The van der Waals surface area contributed by atoms with Gasteiger partial charge in [0.1, 0.15) is 5.76 Å². The van der Waals surface area contributed by atoms with Crippen LogP contribution in [0.2, 0.25) is 0 Å². The zero-order valence-corrected chi connectivity index (χ0v) is 9.31. The Labute approximate surface area is 94.5 Å². The molecule has 0 aliphatic rings. The van der Waals surface area contributed by atoms with Crippen molar-refractivity contribution >= 4 is 5.82 Å². The molecule has 0 aliphatic heterocycles. The first kappa shape index (κ1) is 10.7. The van der Waals surface area contributed by atoms with Crippen LogP contribution in [0.15, 0.2) is 28.9 Å². The number of nitrogens with two attached hydrogens (primary N) is 1. The summed E-state index contributed by atoms with van der Waals surface area (Å²) in [5.74, 6) is 1.25. The summed E-state index contributed by atoms with van der Waals surface area (Å²) in [6, 6.07) is 5.72. The van der Waals surface area contributed by atoms with Crippen LogP contribution in [0.3, 0.4) is 0 Å². The maximum absolute atomic E-state index is 5.80. The number of nitrogen functional groups attached to an aromatic ring is 1. The SMILES string of the molecule is CCCCc1onc(N)c1-c1ccccn1. The third-order valence-electron chi connectivity index (χ3n) is 2.47. The molecule has 0 amide bonds. The van der Waals surface area contributed by atoms with E-state index in [2.05, 4.69) is 17.1 Å². The van der Waals surface area contributed by atoms with E-state index in [4.69, 9.17) is 10.3 Å². The number of anilines is 1. The summed E-state index contributed by atoms with van der Waals surface area (Å²) in [4.78, 5) is 4.27. The highest BCUT2D eigenvalue weighted by Gasteiger charge is 2.15. The van der Waals surface area contributed by atoms with Gasteiger partial charge in [0.2, 0.25) is 0 Å². The average Bonchev–Trinajstić information content (AvgIpc) is 2.69. The van der Waals surface area contributed by atoms with E-state index in [1.165, 1.54) is 0 Å². The Kier molecular flexibility index (Phi) is 3.19. The van der Waals surface area contributed by atoms with Crippen molar-refractivity contribution < 1.29 is 4.52 Å². The van der Waals surface area contributed by atoms with Gasteiger partial charge in [-0.15, -0.1) is 0 Å². The lowest BCUT2D eigenvalue weighted by molar-refractivity contribution is 0.383. The van der Waals surface area contributed by atoms with E-state index in [0.29, 0.717) is 5.82 Å². The van der Waals surface area contributed by atoms with Crippen molar-refractivity contribution in [3.63, 3.8) is 0 Å². The first-order valence-electron chi connectivity index (χ1n) is 5.48. The smallest absolute Gasteiger partial charge is 0.176 e. The highest BCUT2D eigenvalue weighted by molar-refractivity contribution is 5.72. The van der Waals surface area contributed by atoms with Crippen LogP contribution in [-0.2, 0) is 6.42 Å². The number of aromatic nitrogens is 2. The van der Waals surface area contributed by atoms with E-state index >= 15 is 0 Å². The lowest BCUT2D eigenvalue weighted by atomic mass is 10.1. The molecule has 0 atom stereocenters. The zero-order chi connectivity index (χ0) is 11.4. The molecule has 0 bridgehead atoms. The normalized spacial score (nSPS) is 10.6. The highest BCUT2D eigenvalue weighted by Crippen LogP contribution is 2.28. The Morgan fingerprint density at radius 3 is 2.94 bits per heavy atom. The second-order valence-corrected chi connectivity index (χ2v) is 3.68. The van der Waals surface area contributed by atoms with Gasteiger partial charge in [0.25, 0.3) is 0 Å². The number of aryl methyl sites for hydroxylation is 1. The fourth-order valence-electron chi connectivity index (χ4n) is 1.63. The van der Waals surface area contributed by atoms with Crippen LogP contribution >= 0.6 is 0 Å². The molecule has 4 nitrogen and oxygen atoms in total. The Morgan fingerprint density at radius 2 is 2.25 bits per heavy atom. The Hall–Kier alpha value is -1.84. The predicted molar refractivity (Wildman–Crippen MR) is 62.8 cm³/mol. The molecule has 2 heterocycles. The summed E-state index contributed by atoms with van der Waals surface area (Å²) in [6.45, 7) is 2.14. The van der Waals surface area contributed by atoms with Crippen molar-refractivity contribution in [3.8, 4) is 11.3 Å². The number of hydrogen-bond acceptors (Lipinski definition) is 4. The summed E-state index contributed by atoms with van der Waals surface area (Å²) >= 11 is 0. The van der Waals surface area contributed by atoms with Gasteiger partial charge in [0.05, 0.1) is 11.3 Å². The van der Waals surface area contributed by atoms with E-state index in [0.717, 1.165) is 36.3 Å². The zero-order valence-electron chi connectivity index (χ0n) is 9.31. The van der Waals surface area contributed by atoms with Crippen LogP contribution in [0.25, 0.3) is 11.3 Å². The quantitative estimate of drug-likeness (QED) is 0.855. The highest BCUT2D eigenvalue weighted by atomic mass is 16.5. The largest absolute Gasteiger partial charge is 0.380 e. The maximum Gasteiger partial charge on any atom is 0.176 e. The Bertz CT molecular complexity index is 451. The molecule has 0 fully saturated rings. The molecule has 84 valence electrons. The van der Waals surface area contributed by atoms with E-state index < -0.39 is 0 Å². The van der Waals surface area contributed by atoms with Crippen molar-refractivity contribution in [1.29, 1.82) is 0 Å². The molecular weight excluding hydrogens is 202 g/mol. The van der Waals surface area contributed by atoms with E-state index in [-0.39, 0.29) is 0 Å². The van der Waals surface area contributed by atoms with Crippen LogP contribution in [0.1, 0.15) is 25.5 Å². The van der Waals surface area contributed by atoms with Crippen LogP contribution in [-0.4, -0.2) is 10.1 Å². The fraction of sp³-hybridized carbons (Fsp3) is 0.333. The minimum atomic E-state index is 0.421. The molecule has 0 aliphatic carbocycles. The van der Waals surface area contributed by atoms with Crippen LogP contribution < -0.4 is 5.73 Å². The molecule has 0 saturated carbocycles. The van der Waals surface area contributed by atoms with Gasteiger partial charge in [-0.2, -0.15) is 0 Å². The maximum atomic E-state index is 5.80. The Morgan fingerprint density at radius 1 is 1.38 bits per heavy atom. The van der Waals surface area contributed by atoms with Gasteiger partial charge < -0.3 is 10.3 Å². The minimum absolute atomic E-state index is 0.421. The second-order valence-electron chi connectivity index (χ2n) is 3.68. The van der Waals surface area contributed by atoms with E-state index in [9.17, 15) is 0 Å². The average molecular weight is 217 g/mol. The molecule has 2 N–H and O–H groups in total. The van der Waals surface area contributed by atoms with Crippen molar-refractivity contribution in [2.24, 2.45) is 0 Å². The van der Waals surface area contributed by atoms with E-state index in [1.807, 2.05) is 18.2 Å². The molecule has 2 rings (SSSR count). The molecular formula is C12H15N3O. The number of hydrogen-bond donors (Lipinski definition) is 1. The number of unbranched alkanes of at least 4 members (excludes halogenated alkanes) is 1. The number of rotatable bonds is 4. The van der Waals surface area contributed by atoms with Gasteiger partial charge in [0, 0.05) is 12.6 Å². The lowest BCUT2D eigenvalue weighted by Gasteiger charge is -2.00. The third kappa shape index (κ3) is 2.05. The topological polar surface area (TPSA) is 64.9 Å². The first-order chi connectivity index (χ1) is 7.83. The summed E-state index contributed by atoms with van der Waals surface area (Å²) in [5.41, 5.74) is 7.47. The predicted octanol–water partition coefficient (Wildman–Crippen LogP) is 2.66. The summed E-state index contributed by atoms with van der Waals surface area (Å²) < 4.78 is 5.24. The van der Waals surface area contributed by atoms with Crippen LogP contribution in [0.4, 0.5) is 5.82 Å². The van der Waals surface area contributed by atoms with Crippen molar-refractivity contribution in [2.45, 2.75) is 26.2 Å². The van der Waals surface area contributed by atoms with Gasteiger partial charge in [-0.1, -0.05) is 24.6 Å². The molecule has 0 radical (unpaired) electrons. The second kappa shape index (κ2) is 4.79. The summed E-state index contributed by atoms with van der Waals surface area (Å²) in [7, 11) is 0. The molecule has 0 aromatic carbocycles. The summed E-state index contributed by atoms with van der Waals surface area (Å²) in [5, 5.41) is 3.81. The fourth-order valence-corrected chi connectivity index (χ4v) is 1.63. The number of nitrogens with zero attached hydrogens (tertiary/aromatic N) is 2. The van der Waals surface area contributed by atoms with Crippen LogP contribution in [0.5, 0.6) is 0 Å². The van der Waals surface area contributed by atoms with Crippen molar-refractivity contribution in [3.05, 3.63) is 30.2 Å². The first-order valence-corrected chi connectivity index (χ1v) is 5.48. The Balaban J connectivity index is 2.35. The molecule has 2 aromatic rings. The van der Waals surface area contributed by atoms with Gasteiger partial charge >= 0.3 is 0 Å². The monoisotopic (exact) mass is 217 g/mol. The standard InChI is InChI=1S/C12H15N3O/c1-2-3-7-10-11(12(13)15-16-10)9-6-4-5-8-14-9/h4-6,8H,2-3,7H2,1H3,(H2,13,15). The van der Waals surface area contributed by atoms with Gasteiger partial charge in [-0.25, -0.2) is 0 Å². The number of pyridine rings is 1. The minimum Gasteiger partial charge on any atom is -0.380 e. The molecule has 0 spiro atoms. The molecule has 16 heavy (non-hydrogen) atoms. The molecule has 0 unspecified atom stereocenters.